The van der Waals surface area contributed by atoms with Gasteiger partial charge < -0.3 is 4.57 Å². The van der Waals surface area contributed by atoms with Crippen molar-refractivity contribution in [3.63, 3.8) is 0 Å². The Kier molecular flexibility index (Phi) is 4.04. The van der Waals surface area contributed by atoms with Crippen LogP contribution < -0.4 is 5.56 Å². The largest absolute Gasteiger partial charge is 0.334 e. The molecule has 6 heteroatoms. The van der Waals surface area contributed by atoms with Crippen molar-refractivity contribution in [1.82, 2.24) is 19.1 Å². The lowest BCUT2D eigenvalue weighted by atomic mass is 10.2. The molecule has 0 radical (unpaired) electrons. The number of aryl methyl sites for hydroxylation is 1. The van der Waals surface area contributed by atoms with Gasteiger partial charge in [0.2, 0.25) is 0 Å². The fourth-order valence-electron chi connectivity index (χ4n) is 2.02. The smallest absolute Gasteiger partial charge is 0.255 e. The minimum absolute atomic E-state index is 0.122. The van der Waals surface area contributed by atoms with Gasteiger partial charge in [0.15, 0.2) is 0 Å². The van der Waals surface area contributed by atoms with Crippen molar-refractivity contribution in [3.05, 3.63) is 45.6 Å². The first kappa shape index (κ1) is 13.8. The van der Waals surface area contributed by atoms with E-state index in [-0.39, 0.29) is 16.6 Å². The van der Waals surface area contributed by atoms with Crippen molar-refractivity contribution >= 4 is 11.6 Å². The van der Waals surface area contributed by atoms with E-state index in [1.807, 2.05) is 31.5 Å². The first-order chi connectivity index (χ1) is 9.02. The molecule has 102 valence electrons. The minimum Gasteiger partial charge on any atom is -0.334 e. The molecule has 0 saturated heterocycles. The van der Waals surface area contributed by atoms with E-state index in [2.05, 4.69) is 9.97 Å². The summed E-state index contributed by atoms with van der Waals surface area (Å²) in [4.78, 5) is 20.6. The van der Waals surface area contributed by atoms with Crippen molar-refractivity contribution in [1.29, 1.82) is 0 Å². The lowest BCUT2D eigenvalue weighted by Crippen LogP contribution is -2.27. The molecule has 0 aromatic carbocycles. The summed E-state index contributed by atoms with van der Waals surface area (Å²) in [6.45, 7) is 7.25. The number of hydrogen-bond donors (Lipinski definition) is 0. The Balaban J connectivity index is 2.48. The standard InChI is InChI=1S/C13H17ClN4O/c1-4-17-6-5-15-11(17)8-18-12(19)7-10(14)16-13(18)9(2)3/h5-7,9H,4,8H2,1-3H3. The minimum atomic E-state index is -0.144. The topological polar surface area (TPSA) is 52.7 Å². The third-order valence-corrected chi connectivity index (χ3v) is 3.16. The van der Waals surface area contributed by atoms with Gasteiger partial charge in [0, 0.05) is 30.9 Å². The predicted molar refractivity (Wildman–Crippen MR) is 74.6 cm³/mol. The van der Waals surface area contributed by atoms with Crippen LogP contribution in [-0.4, -0.2) is 19.1 Å². The maximum atomic E-state index is 12.1. The van der Waals surface area contributed by atoms with Crippen molar-refractivity contribution < 1.29 is 0 Å². The van der Waals surface area contributed by atoms with E-state index in [9.17, 15) is 4.79 Å². The summed E-state index contributed by atoms with van der Waals surface area (Å²) in [5, 5.41) is 0.240. The Labute approximate surface area is 116 Å². The molecule has 0 aliphatic heterocycles. The summed E-state index contributed by atoms with van der Waals surface area (Å²) in [6, 6.07) is 1.34. The Bertz CT molecular complexity index is 630. The molecule has 0 saturated carbocycles. The zero-order valence-corrected chi connectivity index (χ0v) is 12.1. The molecule has 0 unspecified atom stereocenters. The maximum absolute atomic E-state index is 12.1. The highest BCUT2D eigenvalue weighted by Gasteiger charge is 2.13. The fourth-order valence-corrected chi connectivity index (χ4v) is 2.20. The Morgan fingerprint density at radius 3 is 2.79 bits per heavy atom. The summed E-state index contributed by atoms with van der Waals surface area (Å²) in [6.07, 6.45) is 3.64. The van der Waals surface area contributed by atoms with Gasteiger partial charge in [0.25, 0.3) is 5.56 Å². The van der Waals surface area contributed by atoms with E-state index >= 15 is 0 Å². The van der Waals surface area contributed by atoms with Crippen LogP contribution in [0.3, 0.4) is 0 Å². The number of rotatable bonds is 4. The molecule has 2 aromatic heterocycles. The molecule has 0 amide bonds. The summed E-state index contributed by atoms with van der Waals surface area (Å²) in [5.41, 5.74) is -0.144. The highest BCUT2D eigenvalue weighted by molar-refractivity contribution is 6.29. The molecule has 2 rings (SSSR count). The Morgan fingerprint density at radius 2 is 2.16 bits per heavy atom. The van der Waals surface area contributed by atoms with Crippen LogP contribution in [0.4, 0.5) is 0 Å². The molecule has 0 aliphatic carbocycles. The van der Waals surface area contributed by atoms with Crippen LogP contribution in [0.1, 0.15) is 38.3 Å². The molecule has 19 heavy (non-hydrogen) atoms. The lowest BCUT2D eigenvalue weighted by molar-refractivity contribution is 0.581. The average molecular weight is 281 g/mol. The van der Waals surface area contributed by atoms with E-state index in [0.29, 0.717) is 12.4 Å². The van der Waals surface area contributed by atoms with Crippen molar-refractivity contribution in [2.45, 2.75) is 39.8 Å². The molecule has 0 aliphatic rings. The number of nitrogens with zero attached hydrogens (tertiary/aromatic N) is 4. The van der Waals surface area contributed by atoms with Crippen molar-refractivity contribution in [2.75, 3.05) is 0 Å². The van der Waals surface area contributed by atoms with E-state index in [4.69, 9.17) is 11.6 Å². The number of imidazole rings is 1. The van der Waals surface area contributed by atoms with Crippen molar-refractivity contribution in [3.8, 4) is 0 Å². The second kappa shape index (κ2) is 5.57. The second-order valence-electron chi connectivity index (χ2n) is 4.65. The predicted octanol–water partition coefficient (Wildman–Crippen LogP) is 2.28. The van der Waals surface area contributed by atoms with Crippen LogP contribution in [0.15, 0.2) is 23.3 Å². The first-order valence-corrected chi connectivity index (χ1v) is 6.68. The highest BCUT2D eigenvalue weighted by Crippen LogP contribution is 2.14. The first-order valence-electron chi connectivity index (χ1n) is 6.30. The molecule has 0 N–H and O–H groups in total. The molecule has 2 heterocycles. The molecule has 0 atom stereocenters. The van der Waals surface area contributed by atoms with Crippen LogP contribution in [0.25, 0.3) is 0 Å². The van der Waals surface area contributed by atoms with E-state index in [1.54, 1.807) is 10.8 Å². The summed E-state index contributed by atoms with van der Waals surface area (Å²) < 4.78 is 3.64. The molecule has 0 spiro atoms. The van der Waals surface area contributed by atoms with Crippen LogP contribution in [0.2, 0.25) is 5.15 Å². The Hall–Kier alpha value is -1.62. The van der Waals surface area contributed by atoms with Crippen LogP contribution in [0, 0.1) is 0 Å². The van der Waals surface area contributed by atoms with Gasteiger partial charge in [-0.1, -0.05) is 25.4 Å². The van der Waals surface area contributed by atoms with Gasteiger partial charge in [0.1, 0.15) is 16.8 Å². The van der Waals surface area contributed by atoms with E-state index < -0.39 is 0 Å². The zero-order chi connectivity index (χ0) is 14.0. The monoisotopic (exact) mass is 280 g/mol. The Morgan fingerprint density at radius 1 is 1.42 bits per heavy atom. The zero-order valence-electron chi connectivity index (χ0n) is 11.3. The van der Waals surface area contributed by atoms with Gasteiger partial charge in [0.05, 0.1) is 6.54 Å². The SMILES string of the molecule is CCn1ccnc1Cn1c(C(C)C)nc(Cl)cc1=O. The molecule has 0 fully saturated rings. The quantitative estimate of drug-likeness (QED) is 0.808. The summed E-state index contributed by atoms with van der Waals surface area (Å²) in [7, 11) is 0. The van der Waals surface area contributed by atoms with Crippen LogP contribution >= 0.6 is 11.6 Å². The normalized spacial score (nSPS) is 11.2. The van der Waals surface area contributed by atoms with Crippen molar-refractivity contribution in [2.24, 2.45) is 0 Å². The van der Waals surface area contributed by atoms with Crippen LogP contribution in [0.5, 0.6) is 0 Å². The van der Waals surface area contributed by atoms with E-state index in [0.717, 1.165) is 12.4 Å². The second-order valence-corrected chi connectivity index (χ2v) is 5.03. The summed E-state index contributed by atoms with van der Waals surface area (Å²) >= 11 is 5.86. The highest BCUT2D eigenvalue weighted by atomic mass is 35.5. The molecular weight excluding hydrogens is 264 g/mol. The molecular formula is C13H17ClN4O. The average Bonchev–Trinajstić information content (AvgIpc) is 2.79. The molecule has 0 bridgehead atoms. The number of halogens is 1. The third kappa shape index (κ3) is 2.87. The van der Waals surface area contributed by atoms with Gasteiger partial charge in [-0.15, -0.1) is 0 Å². The van der Waals surface area contributed by atoms with Gasteiger partial charge in [-0.05, 0) is 6.92 Å². The van der Waals surface area contributed by atoms with Gasteiger partial charge in [-0.25, -0.2) is 9.97 Å². The maximum Gasteiger partial charge on any atom is 0.255 e. The molecule has 2 aromatic rings. The number of hydrogen-bond acceptors (Lipinski definition) is 3. The fraction of sp³-hybridized carbons (Fsp3) is 0.462. The van der Waals surface area contributed by atoms with E-state index in [1.165, 1.54) is 6.07 Å². The third-order valence-electron chi connectivity index (χ3n) is 2.96. The molecule has 5 nitrogen and oxygen atoms in total. The van der Waals surface area contributed by atoms with Crippen LogP contribution in [-0.2, 0) is 13.1 Å². The van der Waals surface area contributed by atoms with Gasteiger partial charge in [-0.3, -0.25) is 9.36 Å². The van der Waals surface area contributed by atoms with Gasteiger partial charge >= 0.3 is 0 Å². The summed E-state index contributed by atoms with van der Waals surface area (Å²) in [5.74, 6) is 1.65. The van der Waals surface area contributed by atoms with Gasteiger partial charge in [-0.2, -0.15) is 0 Å². The number of aromatic nitrogens is 4. The lowest BCUT2D eigenvalue weighted by Gasteiger charge is -2.14.